The largest absolute Gasteiger partial charge is 0.465 e. The van der Waals surface area contributed by atoms with Crippen LogP contribution in [0.15, 0.2) is 40.8 Å². The number of nitrogens with one attached hydrogen (secondary N) is 1. The first-order chi connectivity index (χ1) is 9.79. The molecule has 1 fully saturated rings. The zero-order chi connectivity index (χ0) is 13.8. The zero-order valence-electron chi connectivity index (χ0n) is 12.1. The van der Waals surface area contributed by atoms with E-state index in [-0.39, 0.29) is 0 Å². The Morgan fingerprint density at radius 2 is 2.00 bits per heavy atom. The van der Waals surface area contributed by atoms with Crippen molar-refractivity contribution in [3.63, 3.8) is 0 Å². The topological polar surface area (TPSA) is 28.4 Å². The second kappa shape index (κ2) is 6.14. The van der Waals surface area contributed by atoms with Crippen LogP contribution < -0.4 is 5.32 Å². The van der Waals surface area contributed by atoms with Crippen molar-refractivity contribution in [3.8, 4) is 0 Å². The molecule has 2 heterocycles. The number of benzene rings is 1. The molecule has 0 atom stereocenters. The summed E-state index contributed by atoms with van der Waals surface area (Å²) < 4.78 is 5.57. The number of rotatable bonds is 5. The molecule has 1 saturated heterocycles. The van der Waals surface area contributed by atoms with E-state index in [1.807, 2.05) is 19.1 Å². The summed E-state index contributed by atoms with van der Waals surface area (Å²) in [5, 5.41) is 3.43. The van der Waals surface area contributed by atoms with Gasteiger partial charge in [-0.1, -0.05) is 12.1 Å². The van der Waals surface area contributed by atoms with Gasteiger partial charge in [0.1, 0.15) is 11.5 Å². The van der Waals surface area contributed by atoms with Crippen LogP contribution in [-0.4, -0.2) is 18.0 Å². The fourth-order valence-corrected chi connectivity index (χ4v) is 2.75. The number of anilines is 1. The van der Waals surface area contributed by atoms with Crippen LogP contribution in [0.2, 0.25) is 0 Å². The van der Waals surface area contributed by atoms with Gasteiger partial charge in [-0.25, -0.2) is 0 Å². The molecule has 0 unspecified atom stereocenters. The number of hydrogen-bond donors (Lipinski definition) is 1. The summed E-state index contributed by atoms with van der Waals surface area (Å²) in [6, 6.07) is 12.7. The van der Waals surface area contributed by atoms with Gasteiger partial charge in [0.2, 0.25) is 0 Å². The highest BCUT2D eigenvalue weighted by Gasteiger charge is 2.11. The van der Waals surface area contributed by atoms with Gasteiger partial charge in [0.05, 0.1) is 6.54 Å². The van der Waals surface area contributed by atoms with Gasteiger partial charge in [-0.05, 0) is 62.7 Å². The third kappa shape index (κ3) is 3.42. The molecule has 20 heavy (non-hydrogen) atoms. The predicted molar refractivity (Wildman–Crippen MR) is 81.7 cm³/mol. The normalized spacial score (nSPS) is 15.7. The van der Waals surface area contributed by atoms with Crippen LogP contribution in [0.3, 0.4) is 0 Å². The fourth-order valence-electron chi connectivity index (χ4n) is 2.75. The van der Waals surface area contributed by atoms with Crippen molar-refractivity contribution in [2.75, 3.05) is 18.4 Å². The van der Waals surface area contributed by atoms with Crippen LogP contribution in [0.4, 0.5) is 5.69 Å². The van der Waals surface area contributed by atoms with E-state index in [0.717, 1.165) is 30.3 Å². The molecular formula is C17H22N2O. The molecule has 0 radical (unpaired) electrons. The molecule has 1 aromatic heterocycles. The van der Waals surface area contributed by atoms with Gasteiger partial charge in [0.15, 0.2) is 0 Å². The predicted octanol–water partition coefficient (Wildman–Crippen LogP) is 3.80. The van der Waals surface area contributed by atoms with Gasteiger partial charge in [-0.2, -0.15) is 0 Å². The minimum absolute atomic E-state index is 0.737. The molecule has 1 aliphatic heterocycles. The van der Waals surface area contributed by atoms with Crippen LogP contribution in [0.5, 0.6) is 0 Å². The maximum atomic E-state index is 5.57. The summed E-state index contributed by atoms with van der Waals surface area (Å²) in [6.45, 7) is 6.25. The van der Waals surface area contributed by atoms with Crippen molar-refractivity contribution >= 4 is 5.69 Å². The monoisotopic (exact) mass is 270 g/mol. The molecule has 2 aromatic rings. The van der Waals surface area contributed by atoms with E-state index in [9.17, 15) is 0 Å². The van der Waals surface area contributed by atoms with Gasteiger partial charge < -0.3 is 9.73 Å². The van der Waals surface area contributed by atoms with Gasteiger partial charge >= 0.3 is 0 Å². The van der Waals surface area contributed by atoms with E-state index in [1.165, 1.54) is 31.5 Å². The molecule has 1 N–H and O–H groups in total. The highest BCUT2D eigenvalue weighted by Crippen LogP contribution is 2.17. The lowest BCUT2D eigenvalue weighted by Gasteiger charge is -2.15. The Labute approximate surface area is 120 Å². The molecule has 3 rings (SSSR count). The highest BCUT2D eigenvalue weighted by molar-refractivity contribution is 5.45. The highest BCUT2D eigenvalue weighted by atomic mass is 16.3. The molecular weight excluding hydrogens is 248 g/mol. The van der Waals surface area contributed by atoms with Crippen molar-refractivity contribution < 1.29 is 4.42 Å². The van der Waals surface area contributed by atoms with Crippen LogP contribution in [-0.2, 0) is 13.1 Å². The van der Waals surface area contributed by atoms with Crippen molar-refractivity contribution in [3.05, 3.63) is 53.5 Å². The van der Waals surface area contributed by atoms with Crippen molar-refractivity contribution in [1.82, 2.24) is 4.90 Å². The number of hydrogen-bond acceptors (Lipinski definition) is 3. The summed E-state index contributed by atoms with van der Waals surface area (Å²) in [4.78, 5) is 2.52. The van der Waals surface area contributed by atoms with Crippen molar-refractivity contribution in [2.45, 2.75) is 32.9 Å². The van der Waals surface area contributed by atoms with Crippen LogP contribution in [0.1, 0.15) is 29.9 Å². The lowest BCUT2D eigenvalue weighted by molar-refractivity contribution is 0.331. The molecule has 1 aliphatic rings. The molecule has 0 amide bonds. The van der Waals surface area contributed by atoms with Gasteiger partial charge in [0.25, 0.3) is 0 Å². The average Bonchev–Trinajstić information content (AvgIpc) is 3.09. The van der Waals surface area contributed by atoms with Gasteiger partial charge in [0, 0.05) is 12.2 Å². The maximum Gasteiger partial charge on any atom is 0.123 e. The van der Waals surface area contributed by atoms with Crippen LogP contribution in [0.25, 0.3) is 0 Å². The second-order valence-electron chi connectivity index (χ2n) is 5.55. The Bertz CT molecular complexity index is 556. The Hall–Kier alpha value is -1.74. The number of likely N-dealkylation sites (tertiary alicyclic amines) is 1. The Balaban J connectivity index is 1.58. The Kier molecular flexibility index (Phi) is 4.07. The SMILES string of the molecule is Cc1ccc(CNc2cccc(CN3CCCC3)c2)o1. The minimum atomic E-state index is 0.737. The standard InChI is InChI=1S/C17H22N2O/c1-14-7-8-17(20-14)12-18-16-6-4-5-15(11-16)13-19-9-2-3-10-19/h4-8,11,18H,2-3,9-10,12-13H2,1H3. The third-order valence-corrected chi connectivity index (χ3v) is 3.79. The lowest BCUT2D eigenvalue weighted by Crippen LogP contribution is -2.18. The van der Waals surface area contributed by atoms with Crippen molar-refractivity contribution in [1.29, 1.82) is 0 Å². The molecule has 3 heteroatoms. The second-order valence-corrected chi connectivity index (χ2v) is 5.55. The number of furan rings is 1. The Morgan fingerprint density at radius 3 is 2.75 bits per heavy atom. The quantitative estimate of drug-likeness (QED) is 0.896. The summed E-state index contributed by atoms with van der Waals surface area (Å²) >= 11 is 0. The summed E-state index contributed by atoms with van der Waals surface area (Å²) in [5.41, 5.74) is 2.54. The lowest BCUT2D eigenvalue weighted by atomic mass is 10.2. The van der Waals surface area contributed by atoms with Crippen molar-refractivity contribution in [2.24, 2.45) is 0 Å². The number of nitrogens with zero attached hydrogens (tertiary/aromatic N) is 1. The van der Waals surface area contributed by atoms with Gasteiger partial charge in [-0.3, -0.25) is 4.90 Å². The summed E-state index contributed by atoms with van der Waals surface area (Å²) in [5.74, 6) is 1.94. The van der Waals surface area contributed by atoms with Gasteiger partial charge in [-0.15, -0.1) is 0 Å². The molecule has 0 saturated carbocycles. The van der Waals surface area contributed by atoms with E-state index in [1.54, 1.807) is 0 Å². The first-order valence-corrected chi connectivity index (χ1v) is 7.40. The van der Waals surface area contributed by atoms with E-state index in [0.29, 0.717) is 0 Å². The molecule has 0 spiro atoms. The average molecular weight is 270 g/mol. The maximum absolute atomic E-state index is 5.57. The fraction of sp³-hybridized carbons (Fsp3) is 0.412. The van der Waals surface area contributed by atoms with Crippen LogP contribution in [0, 0.1) is 6.92 Å². The molecule has 0 bridgehead atoms. The molecule has 1 aromatic carbocycles. The summed E-state index contributed by atoms with van der Waals surface area (Å²) in [6.07, 6.45) is 2.69. The minimum Gasteiger partial charge on any atom is -0.465 e. The first kappa shape index (κ1) is 13.3. The first-order valence-electron chi connectivity index (χ1n) is 7.40. The van der Waals surface area contributed by atoms with E-state index in [2.05, 4.69) is 34.5 Å². The zero-order valence-corrected chi connectivity index (χ0v) is 12.1. The molecule has 3 nitrogen and oxygen atoms in total. The van der Waals surface area contributed by atoms with E-state index < -0.39 is 0 Å². The molecule has 0 aliphatic carbocycles. The Morgan fingerprint density at radius 1 is 1.15 bits per heavy atom. The van der Waals surface area contributed by atoms with Crippen LogP contribution >= 0.6 is 0 Å². The smallest absolute Gasteiger partial charge is 0.123 e. The molecule has 106 valence electrons. The van der Waals surface area contributed by atoms with E-state index in [4.69, 9.17) is 4.42 Å². The summed E-state index contributed by atoms with van der Waals surface area (Å²) in [7, 11) is 0. The van der Waals surface area contributed by atoms with E-state index >= 15 is 0 Å². The third-order valence-electron chi connectivity index (χ3n) is 3.79. The number of aryl methyl sites for hydroxylation is 1.